The average molecular weight is 529 g/mol. The maximum absolute atomic E-state index is 13.8. The number of amides is 2. The summed E-state index contributed by atoms with van der Waals surface area (Å²) >= 11 is 6.05. The van der Waals surface area contributed by atoms with Gasteiger partial charge in [0.25, 0.3) is 0 Å². The first-order valence-electron chi connectivity index (χ1n) is 13.4. The number of alkyl halides is 1. The molecule has 0 radical (unpaired) electrons. The number of benzene rings is 2. The fraction of sp³-hybridized carbons (Fsp3) is 0.517. The van der Waals surface area contributed by atoms with E-state index in [0.717, 1.165) is 44.3 Å². The Morgan fingerprint density at radius 3 is 2.51 bits per heavy atom. The first-order chi connectivity index (χ1) is 18.1. The molecular formula is C29H37ClN2O5. The lowest BCUT2D eigenvalue weighted by atomic mass is 9.94. The van der Waals surface area contributed by atoms with Crippen LogP contribution in [-0.2, 0) is 9.59 Å². The fourth-order valence-electron chi connectivity index (χ4n) is 4.88. The average Bonchev–Trinajstić information content (AvgIpc) is 2.93. The second kappa shape index (κ2) is 13.6. The highest BCUT2D eigenvalue weighted by Crippen LogP contribution is 2.32. The standard InChI is InChI=1S/C29H37ClN2O5/c1-2-3-17-35-23-15-13-21(14-16-23)28(29(34)31-22-9-5-4-6-10-22)32(27(33)18-30)19-24-20-36-25-11-7-8-12-26(25)37-24/h7-8,11-16,22,24,28H,2-6,9-10,17-20H2,1H3,(H,31,34)/t24-,28-/m0/s1. The molecule has 2 aliphatic rings. The lowest BCUT2D eigenvalue weighted by Crippen LogP contribution is -2.51. The Kier molecular flexibility index (Phi) is 9.94. The summed E-state index contributed by atoms with van der Waals surface area (Å²) in [7, 11) is 0. The van der Waals surface area contributed by atoms with Gasteiger partial charge in [0, 0.05) is 6.04 Å². The van der Waals surface area contributed by atoms with Crippen LogP contribution >= 0.6 is 11.6 Å². The number of hydrogen-bond donors (Lipinski definition) is 1. The summed E-state index contributed by atoms with van der Waals surface area (Å²) in [5.74, 6) is 1.24. The van der Waals surface area contributed by atoms with E-state index in [1.54, 1.807) is 0 Å². The van der Waals surface area contributed by atoms with Gasteiger partial charge in [0.1, 0.15) is 24.3 Å². The van der Waals surface area contributed by atoms with E-state index in [1.165, 1.54) is 11.3 Å². The van der Waals surface area contributed by atoms with Crippen LogP contribution in [0.4, 0.5) is 0 Å². The summed E-state index contributed by atoms with van der Waals surface area (Å²) in [5, 5.41) is 3.21. The third-order valence-electron chi connectivity index (χ3n) is 6.88. The summed E-state index contributed by atoms with van der Waals surface area (Å²) in [6.45, 7) is 3.19. The lowest BCUT2D eigenvalue weighted by molar-refractivity contribution is -0.141. The second-order valence-electron chi connectivity index (χ2n) is 9.69. The molecule has 37 heavy (non-hydrogen) atoms. The van der Waals surface area contributed by atoms with Crippen molar-refractivity contribution < 1.29 is 23.8 Å². The van der Waals surface area contributed by atoms with Crippen molar-refractivity contribution in [3.8, 4) is 17.2 Å². The predicted molar refractivity (Wildman–Crippen MR) is 143 cm³/mol. The molecule has 2 atom stereocenters. The first kappa shape index (κ1) is 27.1. The van der Waals surface area contributed by atoms with Crippen molar-refractivity contribution in [2.45, 2.75) is 70.1 Å². The van der Waals surface area contributed by atoms with E-state index in [1.807, 2.05) is 48.5 Å². The fourth-order valence-corrected chi connectivity index (χ4v) is 5.03. The Morgan fingerprint density at radius 2 is 1.81 bits per heavy atom. The molecule has 1 saturated carbocycles. The molecule has 0 bridgehead atoms. The van der Waals surface area contributed by atoms with Gasteiger partial charge in [-0.25, -0.2) is 0 Å². The number of carbonyl (C=O) groups excluding carboxylic acids is 2. The topological polar surface area (TPSA) is 77.1 Å². The van der Waals surface area contributed by atoms with E-state index >= 15 is 0 Å². The predicted octanol–water partition coefficient (Wildman–Crippen LogP) is 5.26. The number of unbranched alkanes of at least 4 members (excludes halogenated alkanes) is 1. The molecule has 4 rings (SSSR count). The van der Waals surface area contributed by atoms with Gasteiger partial charge in [0.15, 0.2) is 17.6 Å². The molecule has 0 saturated heterocycles. The lowest BCUT2D eigenvalue weighted by Gasteiger charge is -2.36. The Morgan fingerprint density at radius 1 is 1.08 bits per heavy atom. The zero-order valence-electron chi connectivity index (χ0n) is 21.5. The molecule has 0 aromatic heterocycles. The van der Waals surface area contributed by atoms with Crippen LogP contribution in [0.1, 0.15) is 63.5 Å². The summed E-state index contributed by atoms with van der Waals surface area (Å²) in [4.78, 5) is 28.5. The molecule has 0 spiro atoms. The highest BCUT2D eigenvalue weighted by Gasteiger charge is 2.35. The van der Waals surface area contributed by atoms with E-state index in [2.05, 4.69) is 12.2 Å². The quantitative estimate of drug-likeness (QED) is 0.318. The third kappa shape index (κ3) is 7.31. The van der Waals surface area contributed by atoms with E-state index < -0.39 is 12.1 Å². The molecule has 1 aliphatic carbocycles. The maximum Gasteiger partial charge on any atom is 0.247 e. The third-order valence-corrected chi connectivity index (χ3v) is 7.11. The van der Waals surface area contributed by atoms with E-state index in [4.69, 9.17) is 25.8 Å². The smallest absolute Gasteiger partial charge is 0.247 e. The normalized spacial score (nSPS) is 18.1. The van der Waals surface area contributed by atoms with Gasteiger partial charge in [-0.3, -0.25) is 9.59 Å². The van der Waals surface area contributed by atoms with Crippen LogP contribution in [0.2, 0.25) is 0 Å². The molecule has 2 aromatic rings. The van der Waals surface area contributed by atoms with Gasteiger partial charge in [0.2, 0.25) is 11.8 Å². The van der Waals surface area contributed by atoms with Gasteiger partial charge in [-0.15, -0.1) is 11.6 Å². The van der Waals surface area contributed by atoms with Crippen molar-refractivity contribution in [2.24, 2.45) is 0 Å². The maximum atomic E-state index is 13.8. The number of nitrogens with one attached hydrogen (secondary N) is 1. The molecule has 1 aliphatic heterocycles. The van der Waals surface area contributed by atoms with E-state index in [0.29, 0.717) is 23.7 Å². The van der Waals surface area contributed by atoms with Crippen LogP contribution in [0.3, 0.4) is 0 Å². The van der Waals surface area contributed by atoms with Gasteiger partial charge in [0.05, 0.1) is 13.2 Å². The van der Waals surface area contributed by atoms with E-state index in [-0.39, 0.29) is 36.9 Å². The van der Waals surface area contributed by atoms with Gasteiger partial charge in [-0.05, 0) is 49.1 Å². The van der Waals surface area contributed by atoms with Crippen LogP contribution in [0.15, 0.2) is 48.5 Å². The Bertz CT molecular complexity index is 1030. The van der Waals surface area contributed by atoms with Gasteiger partial charge in [-0.2, -0.15) is 0 Å². The number of para-hydroxylation sites is 2. The molecule has 2 aromatic carbocycles. The van der Waals surface area contributed by atoms with E-state index in [9.17, 15) is 9.59 Å². The molecule has 1 fully saturated rings. The number of rotatable bonds is 11. The van der Waals surface area contributed by atoms with Crippen LogP contribution in [-0.4, -0.2) is 54.5 Å². The molecule has 1 N–H and O–H groups in total. The minimum Gasteiger partial charge on any atom is -0.494 e. The molecule has 200 valence electrons. The molecule has 2 amide bonds. The van der Waals surface area contributed by atoms with Crippen molar-refractivity contribution in [3.63, 3.8) is 0 Å². The van der Waals surface area contributed by atoms with Gasteiger partial charge < -0.3 is 24.4 Å². The van der Waals surface area contributed by atoms with Crippen molar-refractivity contribution in [1.29, 1.82) is 0 Å². The van der Waals surface area contributed by atoms with Crippen molar-refractivity contribution in [3.05, 3.63) is 54.1 Å². The van der Waals surface area contributed by atoms with Crippen LogP contribution in [0.5, 0.6) is 17.2 Å². The number of halogens is 1. The largest absolute Gasteiger partial charge is 0.494 e. The zero-order chi connectivity index (χ0) is 26.0. The zero-order valence-corrected chi connectivity index (χ0v) is 22.3. The van der Waals surface area contributed by atoms with Crippen LogP contribution in [0, 0.1) is 0 Å². The van der Waals surface area contributed by atoms with Gasteiger partial charge >= 0.3 is 0 Å². The van der Waals surface area contributed by atoms with Crippen LogP contribution < -0.4 is 19.5 Å². The monoisotopic (exact) mass is 528 g/mol. The Hall–Kier alpha value is -2.93. The Labute approximate surface area is 224 Å². The molecule has 7 nitrogen and oxygen atoms in total. The number of hydrogen-bond acceptors (Lipinski definition) is 5. The number of nitrogens with zero attached hydrogens (tertiary/aromatic N) is 1. The van der Waals surface area contributed by atoms with Crippen molar-refractivity contribution in [1.82, 2.24) is 10.2 Å². The first-order valence-corrected chi connectivity index (χ1v) is 13.9. The number of ether oxygens (including phenoxy) is 3. The second-order valence-corrected chi connectivity index (χ2v) is 9.96. The molecule has 0 unspecified atom stereocenters. The highest BCUT2D eigenvalue weighted by molar-refractivity contribution is 6.27. The summed E-state index contributed by atoms with van der Waals surface area (Å²) in [6.07, 6.45) is 6.85. The molecule has 1 heterocycles. The van der Waals surface area contributed by atoms with Crippen molar-refractivity contribution >= 4 is 23.4 Å². The number of carbonyl (C=O) groups is 2. The van der Waals surface area contributed by atoms with Crippen LogP contribution in [0.25, 0.3) is 0 Å². The summed E-state index contributed by atoms with van der Waals surface area (Å²) in [5.41, 5.74) is 0.701. The summed E-state index contributed by atoms with van der Waals surface area (Å²) < 4.78 is 17.8. The summed E-state index contributed by atoms with van der Waals surface area (Å²) in [6, 6.07) is 14.1. The minimum absolute atomic E-state index is 0.106. The highest BCUT2D eigenvalue weighted by atomic mass is 35.5. The Balaban J connectivity index is 1.58. The SMILES string of the molecule is CCCCOc1ccc([C@@H](C(=O)NC2CCCCC2)N(C[C@H]2COc3ccccc3O2)C(=O)CCl)cc1. The molecule has 8 heteroatoms. The minimum atomic E-state index is -0.848. The van der Waals surface area contributed by atoms with Crippen molar-refractivity contribution in [2.75, 3.05) is 25.6 Å². The van der Waals surface area contributed by atoms with Gasteiger partial charge in [-0.1, -0.05) is 56.9 Å². The molecular weight excluding hydrogens is 492 g/mol. The number of fused-ring (bicyclic) bond motifs is 1.